The van der Waals surface area contributed by atoms with E-state index < -0.39 is 0 Å². The number of pyridine rings is 1. The largest absolute Gasteiger partial charge is 0.236 e. The molecule has 2 aromatic carbocycles. The van der Waals surface area contributed by atoms with Gasteiger partial charge in [-0.3, -0.25) is 0 Å². The van der Waals surface area contributed by atoms with Crippen LogP contribution < -0.4 is 0 Å². The van der Waals surface area contributed by atoms with Crippen LogP contribution in [-0.2, 0) is 11.8 Å². The Morgan fingerprint density at radius 1 is 0.848 bits per heavy atom. The van der Waals surface area contributed by atoms with Crippen molar-refractivity contribution < 1.29 is 0 Å². The fourth-order valence-electron chi connectivity index (χ4n) is 4.44. The van der Waals surface area contributed by atoms with Crippen molar-refractivity contribution in [2.24, 2.45) is 5.92 Å². The number of rotatable bonds is 4. The van der Waals surface area contributed by atoms with Gasteiger partial charge in [-0.25, -0.2) is 15.0 Å². The average molecular weight is 452 g/mol. The van der Waals surface area contributed by atoms with Gasteiger partial charge in [-0.15, -0.1) is 11.3 Å². The zero-order valence-electron chi connectivity index (χ0n) is 19.9. The summed E-state index contributed by atoms with van der Waals surface area (Å²) in [6.07, 6.45) is 2.73. The van der Waals surface area contributed by atoms with Crippen LogP contribution in [0.3, 0.4) is 0 Å². The van der Waals surface area contributed by atoms with Gasteiger partial charge in [0.15, 0.2) is 0 Å². The Morgan fingerprint density at radius 3 is 2.42 bits per heavy atom. The molecule has 0 N–H and O–H groups in total. The van der Waals surface area contributed by atoms with E-state index in [-0.39, 0.29) is 5.41 Å². The van der Waals surface area contributed by atoms with Crippen molar-refractivity contribution >= 4 is 32.3 Å². The predicted molar refractivity (Wildman–Crippen MR) is 141 cm³/mol. The zero-order chi connectivity index (χ0) is 23.2. The Bertz CT molecular complexity index is 1460. The number of fused-ring (bicyclic) bond motifs is 2. The van der Waals surface area contributed by atoms with Gasteiger partial charge in [0.25, 0.3) is 0 Å². The molecule has 33 heavy (non-hydrogen) atoms. The van der Waals surface area contributed by atoms with E-state index in [0.29, 0.717) is 5.92 Å². The van der Waals surface area contributed by atoms with E-state index in [1.54, 1.807) is 17.7 Å². The third kappa shape index (κ3) is 4.28. The summed E-state index contributed by atoms with van der Waals surface area (Å²) >= 11 is 1.72. The average Bonchev–Trinajstić information content (AvgIpc) is 3.19. The Hall–Kier alpha value is -3.11. The molecule has 0 saturated heterocycles. The van der Waals surface area contributed by atoms with Crippen LogP contribution in [-0.4, -0.2) is 15.0 Å². The van der Waals surface area contributed by atoms with Crippen molar-refractivity contribution in [3.05, 3.63) is 77.4 Å². The molecule has 0 aliphatic carbocycles. The molecule has 0 atom stereocenters. The van der Waals surface area contributed by atoms with Gasteiger partial charge in [-0.1, -0.05) is 58.9 Å². The summed E-state index contributed by atoms with van der Waals surface area (Å²) in [6.45, 7) is 11.3. The highest BCUT2D eigenvalue weighted by Crippen LogP contribution is 2.35. The van der Waals surface area contributed by atoms with Crippen molar-refractivity contribution in [2.45, 2.75) is 46.5 Å². The molecule has 5 rings (SSSR count). The third-order valence-electron chi connectivity index (χ3n) is 6.04. The van der Waals surface area contributed by atoms with E-state index >= 15 is 0 Å². The molecule has 3 heterocycles. The molecule has 0 bridgehead atoms. The molecular formula is C29H29N3S. The molecule has 0 radical (unpaired) electrons. The second-order valence-corrected chi connectivity index (χ2v) is 11.0. The Labute approximate surface area is 199 Å². The maximum Gasteiger partial charge on any atom is 0.124 e. The van der Waals surface area contributed by atoms with E-state index in [0.717, 1.165) is 33.9 Å². The summed E-state index contributed by atoms with van der Waals surface area (Å²) in [5, 5.41) is 6.03. The summed E-state index contributed by atoms with van der Waals surface area (Å²) in [7, 11) is 0. The fraction of sp³-hybridized carbons (Fsp3) is 0.276. The molecule has 0 aliphatic rings. The lowest BCUT2D eigenvalue weighted by atomic mass is 9.82. The number of aromatic nitrogens is 3. The van der Waals surface area contributed by atoms with E-state index in [1.807, 2.05) is 0 Å². The van der Waals surface area contributed by atoms with Gasteiger partial charge in [0, 0.05) is 10.9 Å². The number of nitrogens with zero attached hydrogens (tertiary/aromatic N) is 3. The SMILES string of the molecule is CC(C)Cc1csc2nc(-c3cc(-c4cc(C(C)(C)C)c5ccccc5c4)ncn3)ccc12. The minimum absolute atomic E-state index is 0.0327. The number of hydrogen-bond acceptors (Lipinski definition) is 4. The lowest BCUT2D eigenvalue weighted by Gasteiger charge is -2.22. The predicted octanol–water partition coefficient (Wildman–Crippen LogP) is 8.07. The second kappa shape index (κ2) is 8.35. The van der Waals surface area contributed by atoms with Crippen molar-refractivity contribution in [2.75, 3.05) is 0 Å². The molecule has 0 saturated carbocycles. The minimum atomic E-state index is 0.0327. The Kier molecular flexibility index (Phi) is 5.49. The number of hydrogen-bond donors (Lipinski definition) is 0. The Balaban J connectivity index is 1.58. The van der Waals surface area contributed by atoms with Gasteiger partial charge in [0.1, 0.15) is 11.2 Å². The van der Waals surface area contributed by atoms with Gasteiger partial charge in [-0.2, -0.15) is 0 Å². The fourth-order valence-corrected chi connectivity index (χ4v) is 5.39. The molecule has 5 aromatic rings. The smallest absolute Gasteiger partial charge is 0.124 e. The molecule has 4 heteroatoms. The Morgan fingerprint density at radius 2 is 1.64 bits per heavy atom. The standard InChI is InChI=1S/C29H29N3S/c1-18(2)12-21-16-33-28-23(21)10-11-25(32-28)27-15-26(30-17-31-27)20-13-19-8-6-7-9-22(19)24(14-20)29(3,4)5/h6-11,13-18H,12H2,1-5H3. The molecule has 3 nitrogen and oxygen atoms in total. The van der Waals surface area contributed by atoms with Gasteiger partial charge < -0.3 is 0 Å². The first-order valence-corrected chi connectivity index (χ1v) is 12.4. The highest BCUT2D eigenvalue weighted by molar-refractivity contribution is 7.16. The highest BCUT2D eigenvalue weighted by Gasteiger charge is 2.19. The molecule has 3 aromatic heterocycles. The number of thiophene rings is 1. The monoisotopic (exact) mass is 451 g/mol. The maximum absolute atomic E-state index is 4.94. The molecule has 0 unspecified atom stereocenters. The summed E-state index contributed by atoms with van der Waals surface area (Å²) in [5.74, 6) is 0.631. The molecule has 0 fully saturated rings. The molecule has 0 aliphatic heterocycles. The molecular weight excluding hydrogens is 422 g/mol. The van der Waals surface area contributed by atoms with E-state index in [4.69, 9.17) is 4.98 Å². The van der Waals surface area contributed by atoms with E-state index in [9.17, 15) is 0 Å². The lowest BCUT2D eigenvalue weighted by molar-refractivity contribution is 0.596. The molecule has 0 amide bonds. The summed E-state index contributed by atoms with van der Waals surface area (Å²) < 4.78 is 0. The van der Waals surface area contributed by atoms with Crippen LogP contribution in [0.5, 0.6) is 0 Å². The van der Waals surface area contributed by atoms with Crippen molar-refractivity contribution in [3.63, 3.8) is 0 Å². The topological polar surface area (TPSA) is 38.7 Å². The van der Waals surface area contributed by atoms with Crippen LogP contribution in [0.2, 0.25) is 0 Å². The van der Waals surface area contributed by atoms with Gasteiger partial charge in [0.2, 0.25) is 0 Å². The van der Waals surface area contributed by atoms with Crippen molar-refractivity contribution in [3.8, 4) is 22.6 Å². The van der Waals surface area contributed by atoms with E-state index in [1.165, 1.54) is 27.3 Å². The summed E-state index contributed by atoms with van der Waals surface area (Å²) in [4.78, 5) is 15.2. The van der Waals surface area contributed by atoms with Crippen molar-refractivity contribution in [1.29, 1.82) is 0 Å². The van der Waals surface area contributed by atoms with Crippen LogP contribution in [0.1, 0.15) is 45.7 Å². The van der Waals surface area contributed by atoms with Crippen LogP contribution in [0.25, 0.3) is 43.6 Å². The van der Waals surface area contributed by atoms with Crippen LogP contribution in [0.4, 0.5) is 0 Å². The first-order chi connectivity index (χ1) is 15.8. The second-order valence-electron chi connectivity index (χ2n) is 10.2. The summed E-state index contributed by atoms with van der Waals surface area (Å²) in [5.41, 5.74) is 6.52. The first-order valence-electron chi connectivity index (χ1n) is 11.5. The van der Waals surface area contributed by atoms with Gasteiger partial charge in [0.05, 0.1) is 17.1 Å². The van der Waals surface area contributed by atoms with Gasteiger partial charge in [-0.05, 0) is 75.4 Å². The van der Waals surface area contributed by atoms with Gasteiger partial charge >= 0.3 is 0 Å². The molecule has 166 valence electrons. The third-order valence-corrected chi connectivity index (χ3v) is 6.98. The minimum Gasteiger partial charge on any atom is -0.236 e. The van der Waals surface area contributed by atoms with E-state index in [2.05, 4.69) is 105 Å². The van der Waals surface area contributed by atoms with Crippen LogP contribution in [0, 0.1) is 5.92 Å². The zero-order valence-corrected chi connectivity index (χ0v) is 20.7. The number of benzene rings is 2. The molecule has 0 spiro atoms. The quantitative estimate of drug-likeness (QED) is 0.277. The highest BCUT2D eigenvalue weighted by atomic mass is 32.1. The van der Waals surface area contributed by atoms with Crippen LogP contribution >= 0.6 is 11.3 Å². The summed E-state index contributed by atoms with van der Waals surface area (Å²) in [6, 6.07) is 19.4. The normalized spacial score (nSPS) is 12.2. The first kappa shape index (κ1) is 21.7. The van der Waals surface area contributed by atoms with Crippen molar-refractivity contribution in [1.82, 2.24) is 15.0 Å². The maximum atomic E-state index is 4.94. The van der Waals surface area contributed by atoms with Crippen LogP contribution in [0.15, 0.2) is 66.3 Å². The lowest BCUT2D eigenvalue weighted by Crippen LogP contribution is -2.12.